The molecule has 1 fully saturated rings. The van der Waals surface area contributed by atoms with Crippen LogP contribution in [0.1, 0.15) is 28.9 Å². The van der Waals surface area contributed by atoms with Crippen LogP contribution in [-0.4, -0.2) is 33.2 Å². The molecule has 5 nitrogen and oxygen atoms in total. The predicted molar refractivity (Wildman–Crippen MR) is 77.9 cm³/mol. The first kappa shape index (κ1) is 14.3. The summed E-state index contributed by atoms with van der Waals surface area (Å²) in [6.45, 7) is 1.88. The van der Waals surface area contributed by atoms with Crippen molar-refractivity contribution < 1.29 is 9.18 Å². The van der Waals surface area contributed by atoms with Crippen molar-refractivity contribution in [2.45, 2.75) is 25.8 Å². The highest BCUT2D eigenvalue weighted by atomic mass is 19.1. The van der Waals surface area contributed by atoms with Crippen molar-refractivity contribution in [1.82, 2.24) is 14.7 Å². The van der Waals surface area contributed by atoms with Gasteiger partial charge in [-0.25, -0.2) is 9.07 Å². The van der Waals surface area contributed by atoms with E-state index in [0.717, 1.165) is 12.8 Å². The number of aromatic nitrogens is 2. The maximum absolute atomic E-state index is 13.0. The smallest absolute Gasteiger partial charge is 0.258 e. The van der Waals surface area contributed by atoms with Crippen LogP contribution in [0.15, 0.2) is 30.5 Å². The van der Waals surface area contributed by atoms with E-state index in [0.29, 0.717) is 16.9 Å². The molecule has 3 rings (SSSR count). The molecular weight excluding hydrogens is 283 g/mol. The quantitative estimate of drug-likeness (QED) is 0.815. The first-order valence-electron chi connectivity index (χ1n) is 7.10. The Morgan fingerprint density at radius 2 is 2.14 bits per heavy atom. The molecular formula is C16H15FN4O. The summed E-state index contributed by atoms with van der Waals surface area (Å²) >= 11 is 0. The molecule has 0 atom stereocenters. The monoisotopic (exact) mass is 298 g/mol. The predicted octanol–water partition coefficient (Wildman–Crippen LogP) is 2.45. The highest BCUT2D eigenvalue weighted by Gasteiger charge is 2.34. The van der Waals surface area contributed by atoms with Crippen LogP contribution >= 0.6 is 0 Å². The SMILES string of the molecule is Cc1c(C(=O)N(CC#N)C2CC2)cnn1-c1ccc(F)cc1. The summed E-state index contributed by atoms with van der Waals surface area (Å²) in [7, 11) is 0. The minimum atomic E-state index is -0.321. The van der Waals surface area contributed by atoms with E-state index in [4.69, 9.17) is 5.26 Å². The van der Waals surface area contributed by atoms with E-state index in [1.165, 1.54) is 18.3 Å². The van der Waals surface area contributed by atoms with E-state index < -0.39 is 0 Å². The van der Waals surface area contributed by atoms with E-state index >= 15 is 0 Å². The van der Waals surface area contributed by atoms with Crippen LogP contribution in [0.3, 0.4) is 0 Å². The zero-order valence-corrected chi connectivity index (χ0v) is 12.2. The zero-order valence-electron chi connectivity index (χ0n) is 12.2. The standard InChI is InChI=1S/C16H15FN4O/c1-11-15(16(22)20(9-8-18)13-6-7-13)10-19-21(11)14-4-2-12(17)3-5-14/h2-5,10,13H,6-7,9H2,1H3. The first-order valence-corrected chi connectivity index (χ1v) is 7.10. The molecule has 1 aliphatic rings. The van der Waals surface area contributed by atoms with Gasteiger partial charge in [-0.05, 0) is 44.0 Å². The number of rotatable bonds is 4. The molecule has 22 heavy (non-hydrogen) atoms. The number of nitriles is 1. The van der Waals surface area contributed by atoms with Crippen LogP contribution in [0.25, 0.3) is 5.69 Å². The first-order chi connectivity index (χ1) is 10.6. The van der Waals surface area contributed by atoms with Crippen LogP contribution < -0.4 is 0 Å². The summed E-state index contributed by atoms with van der Waals surface area (Å²) in [6, 6.07) is 8.13. The van der Waals surface area contributed by atoms with Crippen molar-refractivity contribution >= 4 is 5.91 Å². The van der Waals surface area contributed by atoms with Gasteiger partial charge in [0.15, 0.2) is 0 Å². The van der Waals surface area contributed by atoms with Gasteiger partial charge in [-0.15, -0.1) is 0 Å². The highest BCUT2D eigenvalue weighted by Crippen LogP contribution is 2.28. The summed E-state index contributed by atoms with van der Waals surface area (Å²) in [4.78, 5) is 14.2. The van der Waals surface area contributed by atoms with Crippen molar-refractivity contribution in [3.8, 4) is 11.8 Å². The van der Waals surface area contributed by atoms with Gasteiger partial charge < -0.3 is 4.90 Å². The number of carbonyl (C=O) groups excluding carboxylic acids is 1. The number of carbonyl (C=O) groups is 1. The molecule has 1 amide bonds. The minimum Gasteiger partial charge on any atom is -0.322 e. The molecule has 0 bridgehead atoms. The number of hydrogen-bond donors (Lipinski definition) is 0. The molecule has 6 heteroatoms. The molecule has 1 aromatic carbocycles. The van der Waals surface area contributed by atoms with E-state index in [1.54, 1.807) is 28.6 Å². The van der Waals surface area contributed by atoms with Gasteiger partial charge >= 0.3 is 0 Å². The molecule has 0 aliphatic heterocycles. The molecule has 0 saturated heterocycles. The van der Waals surface area contributed by atoms with Crippen LogP contribution in [0.2, 0.25) is 0 Å². The maximum atomic E-state index is 13.0. The third-order valence-corrected chi connectivity index (χ3v) is 3.80. The molecule has 1 saturated carbocycles. The van der Waals surface area contributed by atoms with E-state index in [-0.39, 0.29) is 24.3 Å². The van der Waals surface area contributed by atoms with Gasteiger partial charge in [0.2, 0.25) is 0 Å². The van der Waals surface area contributed by atoms with Crippen molar-refractivity contribution in [1.29, 1.82) is 5.26 Å². The van der Waals surface area contributed by atoms with Gasteiger partial charge in [-0.2, -0.15) is 10.4 Å². The average Bonchev–Trinajstić information content (AvgIpc) is 3.28. The number of halogens is 1. The van der Waals surface area contributed by atoms with E-state index in [1.807, 2.05) is 6.07 Å². The molecule has 1 heterocycles. The summed E-state index contributed by atoms with van der Waals surface area (Å²) in [6.07, 6.45) is 3.39. The van der Waals surface area contributed by atoms with Crippen LogP contribution in [-0.2, 0) is 0 Å². The minimum absolute atomic E-state index is 0.0880. The van der Waals surface area contributed by atoms with Gasteiger partial charge in [0, 0.05) is 6.04 Å². The van der Waals surface area contributed by atoms with Gasteiger partial charge in [-0.3, -0.25) is 4.79 Å². The van der Waals surface area contributed by atoms with Gasteiger partial charge in [0.05, 0.1) is 29.2 Å². The molecule has 0 N–H and O–H groups in total. The maximum Gasteiger partial charge on any atom is 0.258 e. The Hall–Kier alpha value is -2.68. The second kappa shape index (κ2) is 5.60. The average molecular weight is 298 g/mol. The van der Waals surface area contributed by atoms with Crippen molar-refractivity contribution in [2.75, 3.05) is 6.54 Å². The number of amides is 1. The molecule has 0 radical (unpaired) electrons. The lowest BCUT2D eigenvalue weighted by Gasteiger charge is -2.18. The Kier molecular flexibility index (Phi) is 3.63. The molecule has 112 valence electrons. The fourth-order valence-electron chi connectivity index (χ4n) is 2.45. The lowest BCUT2D eigenvalue weighted by Crippen LogP contribution is -2.33. The Morgan fingerprint density at radius 1 is 1.45 bits per heavy atom. The van der Waals surface area contributed by atoms with Gasteiger partial charge in [0.1, 0.15) is 12.4 Å². The topological polar surface area (TPSA) is 61.9 Å². The normalized spacial score (nSPS) is 13.7. The van der Waals surface area contributed by atoms with Crippen LogP contribution in [0.5, 0.6) is 0 Å². The molecule has 1 aliphatic carbocycles. The second-order valence-corrected chi connectivity index (χ2v) is 5.35. The van der Waals surface area contributed by atoms with Crippen LogP contribution in [0, 0.1) is 24.1 Å². The summed E-state index contributed by atoms with van der Waals surface area (Å²) in [5, 5.41) is 13.1. The van der Waals surface area contributed by atoms with Crippen molar-refractivity contribution in [2.24, 2.45) is 0 Å². The van der Waals surface area contributed by atoms with Crippen molar-refractivity contribution in [3.63, 3.8) is 0 Å². The Morgan fingerprint density at radius 3 is 2.73 bits per heavy atom. The fraction of sp³-hybridized carbons (Fsp3) is 0.312. The third-order valence-electron chi connectivity index (χ3n) is 3.80. The number of hydrogen-bond acceptors (Lipinski definition) is 3. The molecule has 2 aromatic rings. The fourth-order valence-corrected chi connectivity index (χ4v) is 2.45. The molecule has 1 aromatic heterocycles. The Balaban J connectivity index is 1.91. The number of benzene rings is 1. The zero-order chi connectivity index (χ0) is 15.7. The van der Waals surface area contributed by atoms with Gasteiger partial charge in [-0.1, -0.05) is 0 Å². The summed E-state index contributed by atoms with van der Waals surface area (Å²) < 4.78 is 14.6. The summed E-state index contributed by atoms with van der Waals surface area (Å²) in [5.41, 5.74) is 1.85. The molecule has 0 spiro atoms. The Labute approximate surface area is 127 Å². The van der Waals surface area contributed by atoms with E-state index in [2.05, 4.69) is 5.10 Å². The van der Waals surface area contributed by atoms with E-state index in [9.17, 15) is 9.18 Å². The highest BCUT2D eigenvalue weighted by molar-refractivity contribution is 5.95. The lowest BCUT2D eigenvalue weighted by molar-refractivity contribution is 0.0764. The number of nitrogens with zero attached hydrogens (tertiary/aromatic N) is 4. The van der Waals surface area contributed by atoms with Crippen LogP contribution in [0.4, 0.5) is 4.39 Å². The molecule has 0 unspecified atom stereocenters. The summed E-state index contributed by atoms with van der Waals surface area (Å²) in [5.74, 6) is -0.492. The second-order valence-electron chi connectivity index (χ2n) is 5.35. The Bertz CT molecular complexity index is 740. The third kappa shape index (κ3) is 2.58. The lowest BCUT2D eigenvalue weighted by atomic mass is 10.2. The van der Waals surface area contributed by atoms with Gasteiger partial charge in [0.25, 0.3) is 5.91 Å². The largest absolute Gasteiger partial charge is 0.322 e. The van der Waals surface area contributed by atoms with Crippen molar-refractivity contribution in [3.05, 3.63) is 47.5 Å².